The van der Waals surface area contributed by atoms with E-state index in [0.29, 0.717) is 5.69 Å². The van der Waals surface area contributed by atoms with Crippen molar-refractivity contribution in [1.82, 2.24) is 0 Å². The van der Waals surface area contributed by atoms with E-state index in [-0.39, 0.29) is 11.0 Å². The van der Waals surface area contributed by atoms with Crippen LogP contribution in [0.4, 0.5) is 5.69 Å². The van der Waals surface area contributed by atoms with Gasteiger partial charge >= 0.3 is 5.97 Å². The number of carbonyl (C=O) groups is 1. The third kappa shape index (κ3) is 3.26. The molecule has 0 unspecified atom stereocenters. The SMILES string of the molecule is CC1(C)CCOc2cc(C=Nc3ccc(C(=O)O)cc3)ccc21. The van der Waals surface area contributed by atoms with Crippen LogP contribution in [-0.2, 0) is 5.41 Å². The van der Waals surface area contributed by atoms with Crippen LogP contribution < -0.4 is 4.74 Å². The minimum Gasteiger partial charge on any atom is -0.493 e. The number of carboxylic acid groups (broad SMARTS) is 1. The van der Waals surface area contributed by atoms with Gasteiger partial charge in [-0.2, -0.15) is 0 Å². The van der Waals surface area contributed by atoms with E-state index >= 15 is 0 Å². The van der Waals surface area contributed by atoms with Crippen molar-refractivity contribution < 1.29 is 14.6 Å². The van der Waals surface area contributed by atoms with Gasteiger partial charge in [-0.1, -0.05) is 26.0 Å². The molecule has 1 aliphatic heterocycles. The van der Waals surface area contributed by atoms with Gasteiger partial charge in [-0.25, -0.2) is 4.79 Å². The van der Waals surface area contributed by atoms with Crippen LogP contribution in [0.3, 0.4) is 0 Å². The Labute approximate surface area is 135 Å². The molecule has 0 saturated heterocycles. The van der Waals surface area contributed by atoms with Crippen LogP contribution in [0.25, 0.3) is 0 Å². The van der Waals surface area contributed by atoms with E-state index in [4.69, 9.17) is 9.84 Å². The van der Waals surface area contributed by atoms with Crippen LogP contribution in [0.15, 0.2) is 47.5 Å². The maximum Gasteiger partial charge on any atom is 0.335 e. The van der Waals surface area contributed by atoms with Crippen LogP contribution in [0.2, 0.25) is 0 Å². The Morgan fingerprint density at radius 3 is 2.65 bits per heavy atom. The van der Waals surface area contributed by atoms with Gasteiger partial charge < -0.3 is 9.84 Å². The van der Waals surface area contributed by atoms with Gasteiger partial charge in [0.15, 0.2) is 0 Å². The number of aromatic carboxylic acids is 1. The molecule has 0 atom stereocenters. The van der Waals surface area contributed by atoms with Gasteiger partial charge in [-0.3, -0.25) is 4.99 Å². The largest absolute Gasteiger partial charge is 0.493 e. The summed E-state index contributed by atoms with van der Waals surface area (Å²) >= 11 is 0. The van der Waals surface area contributed by atoms with E-state index in [1.54, 1.807) is 30.5 Å². The highest BCUT2D eigenvalue weighted by Gasteiger charge is 2.28. The molecule has 1 aliphatic rings. The Morgan fingerprint density at radius 2 is 1.96 bits per heavy atom. The zero-order valence-corrected chi connectivity index (χ0v) is 13.2. The first kappa shape index (κ1) is 15.3. The van der Waals surface area contributed by atoms with Crippen molar-refractivity contribution in [2.24, 2.45) is 4.99 Å². The quantitative estimate of drug-likeness (QED) is 0.865. The van der Waals surface area contributed by atoms with Crippen molar-refractivity contribution in [1.29, 1.82) is 0 Å². The summed E-state index contributed by atoms with van der Waals surface area (Å²) in [7, 11) is 0. The van der Waals surface area contributed by atoms with E-state index < -0.39 is 5.97 Å². The number of hydrogen-bond donors (Lipinski definition) is 1. The lowest BCUT2D eigenvalue weighted by molar-refractivity contribution is 0.0697. The third-order valence-corrected chi connectivity index (χ3v) is 4.20. The first-order valence-electron chi connectivity index (χ1n) is 7.60. The Kier molecular flexibility index (Phi) is 3.90. The summed E-state index contributed by atoms with van der Waals surface area (Å²) in [5.74, 6) is -0.0126. The van der Waals surface area contributed by atoms with Gasteiger partial charge in [-0.05, 0) is 53.3 Å². The summed E-state index contributed by atoms with van der Waals surface area (Å²) in [6, 6.07) is 12.6. The number of nitrogens with zero attached hydrogens (tertiary/aromatic N) is 1. The molecule has 0 fully saturated rings. The normalized spacial score (nSPS) is 15.9. The minimum atomic E-state index is -0.935. The van der Waals surface area contributed by atoms with Crippen molar-refractivity contribution in [2.75, 3.05) is 6.61 Å². The van der Waals surface area contributed by atoms with Crippen molar-refractivity contribution in [3.8, 4) is 5.75 Å². The van der Waals surface area contributed by atoms with Crippen molar-refractivity contribution in [2.45, 2.75) is 25.7 Å². The zero-order valence-electron chi connectivity index (χ0n) is 13.2. The van der Waals surface area contributed by atoms with Gasteiger partial charge in [0, 0.05) is 6.21 Å². The van der Waals surface area contributed by atoms with E-state index in [0.717, 1.165) is 24.3 Å². The summed E-state index contributed by atoms with van der Waals surface area (Å²) in [6.45, 7) is 5.19. The second kappa shape index (κ2) is 5.88. The average Bonchev–Trinajstić information content (AvgIpc) is 2.53. The highest BCUT2D eigenvalue weighted by molar-refractivity contribution is 5.88. The fourth-order valence-corrected chi connectivity index (χ4v) is 2.69. The average molecular weight is 309 g/mol. The van der Waals surface area contributed by atoms with Crippen molar-refractivity contribution in [3.63, 3.8) is 0 Å². The van der Waals surface area contributed by atoms with Gasteiger partial charge in [0.1, 0.15) is 5.75 Å². The second-order valence-electron chi connectivity index (χ2n) is 6.35. The first-order valence-corrected chi connectivity index (χ1v) is 7.60. The molecule has 1 N–H and O–H groups in total. The fourth-order valence-electron chi connectivity index (χ4n) is 2.69. The van der Waals surface area contributed by atoms with Crippen LogP contribution in [0.1, 0.15) is 41.8 Å². The Hall–Kier alpha value is -2.62. The van der Waals surface area contributed by atoms with Crippen LogP contribution in [-0.4, -0.2) is 23.9 Å². The predicted molar refractivity (Wildman–Crippen MR) is 90.2 cm³/mol. The number of ether oxygens (including phenoxy) is 1. The van der Waals surface area contributed by atoms with Crippen molar-refractivity contribution in [3.05, 3.63) is 59.2 Å². The Bertz CT molecular complexity index is 761. The third-order valence-electron chi connectivity index (χ3n) is 4.20. The molecule has 0 aliphatic carbocycles. The monoisotopic (exact) mass is 309 g/mol. The second-order valence-corrected chi connectivity index (χ2v) is 6.35. The molecule has 2 aromatic carbocycles. The molecular weight excluding hydrogens is 290 g/mol. The minimum absolute atomic E-state index is 0.135. The molecule has 0 aromatic heterocycles. The molecule has 0 radical (unpaired) electrons. The molecule has 118 valence electrons. The molecule has 0 bridgehead atoms. The van der Waals surface area contributed by atoms with Crippen molar-refractivity contribution >= 4 is 17.9 Å². The summed E-state index contributed by atoms with van der Waals surface area (Å²) < 4.78 is 5.77. The van der Waals surface area contributed by atoms with Gasteiger partial charge in [0.2, 0.25) is 0 Å². The summed E-state index contributed by atoms with van der Waals surface area (Å²) in [5.41, 5.74) is 3.30. The van der Waals surface area contributed by atoms with Crippen LogP contribution in [0.5, 0.6) is 5.75 Å². The lowest BCUT2D eigenvalue weighted by Crippen LogP contribution is -2.26. The number of carboxylic acids is 1. The standard InChI is InChI=1S/C19H19NO3/c1-19(2)9-10-23-17-11-13(3-8-16(17)19)12-20-15-6-4-14(5-7-15)18(21)22/h3-8,11-12H,9-10H2,1-2H3,(H,21,22). The summed E-state index contributed by atoms with van der Waals surface area (Å²) in [4.78, 5) is 15.2. The predicted octanol–water partition coefficient (Wildman–Crippen LogP) is 4.20. The molecule has 0 spiro atoms. The number of fused-ring (bicyclic) bond motifs is 1. The van der Waals surface area contributed by atoms with Gasteiger partial charge in [0.25, 0.3) is 0 Å². The van der Waals surface area contributed by atoms with E-state index in [1.165, 1.54) is 5.56 Å². The zero-order chi connectivity index (χ0) is 16.4. The molecule has 0 amide bonds. The van der Waals surface area contributed by atoms with E-state index in [1.807, 2.05) is 12.1 Å². The smallest absolute Gasteiger partial charge is 0.335 e. The summed E-state index contributed by atoms with van der Waals surface area (Å²) in [5, 5.41) is 8.89. The van der Waals surface area contributed by atoms with Gasteiger partial charge in [-0.15, -0.1) is 0 Å². The molecule has 3 rings (SSSR count). The lowest BCUT2D eigenvalue weighted by Gasteiger charge is -2.32. The number of benzene rings is 2. The molecule has 4 nitrogen and oxygen atoms in total. The number of rotatable bonds is 3. The first-order chi connectivity index (χ1) is 11.0. The molecule has 0 saturated carbocycles. The van der Waals surface area contributed by atoms with Crippen LogP contribution >= 0.6 is 0 Å². The highest BCUT2D eigenvalue weighted by Crippen LogP contribution is 2.38. The maximum absolute atomic E-state index is 10.8. The summed E-state index contributed by atoms with van der Waals surface area (Å²) in [6.07, 6.45) is 2.78. The van der Waals surface area contributed by atoms with Gasteiger partial charge in [0.05, 0.1) is 17.9 Å². The fraction of sp³-hybridized carbons (Fsp3) is 0.263. The van der Waals surface area contributed by atoms with Crippen LogP contribution in [0, 0.1) is 0 Å². The van der Waals surface area contributed by atoms with E-state index in [9.17, 15) is 4.79 Å². The molecule has 23 heavy (non-hydrogen) atoms. The topological polar surface area (TPSA) is 58.9 Å². The molecular formula is C19H19NO3. The Morgan fingerprint density at radius 1 is 1.22 bits per heavy atom. The number of aliphatic imine (C=N–C) groups is 1. The van der Waals surface area contributed by atoms with E-state index in [2.05, 4.69) is 24.9 Å². The molecule has 4 heteroatoms. The molecule has 2 aromatic rings. The maximum atomic E-state index is 10.8. The molecule has 1 heterocycles. The lowest BCUT2D eigenvalue weighted by atomic mass is 9.79. The Balaban J connectivity index is 1.82. The number of hydrogen-bond acceptors (Lipinski definition) is 3. The highest BCUT2D eigenvalue weighted by atomic mass is 16.5.